The molecular weight excluding hydrogens is 378 g/mol. The normalized spacial score (nSPS) is 10.4. The number of para-hydroxylation sites is 2. The van der Waals surface area contributed by atoms with Crippen LogP contribution in [0.3, 0.4) is 0 Å². The lowest BCUT2D eigenvalue weighted by Gasteiger charge is -2.20. The number of ether oxygens (including phenoxy) is 3. The van der Waals surface area contributed by atoms with Crippen LogP contribution in [-0.4, -0.2) is 38.7 Å². The fraction of sp³-hybridized carbons (Fsp3) is 0.240. The zero-order valence-electron chi connectivity index (χ0n) is 17.6. The highest BCUT2D eigenvalue weighted by Crippen LogP contribution is 2.31. The minimum absolute atomic E-state index is 0.0331. The van der Waals surface area contributed by atoms with Gasteiger partial charge in [0.05, 0.1) is 14.2 Å². The van der Waals surface area contributed by atoms with Crippen molar-refractivity contribution >= 4 is 5.91 Å². The number of amides is 1. The van der Waals surface area contributed by atoms with Crippen LogP contribution in [0, 0.1) is 0 Å². The molecule has 0 fully saturated rings. The molecule has 0 aliphatic heterocycles. The molecule has 5 nitrogen and oxygen atoms in total. The van der Waals surface area contributed by atoms with Gasteiger partial charge in [0, 0.05) is 25.6 Å². The minimum atomic E-state index is -0.116. The molecule has 0 bridgehead atoms. The monoisotopic (exact) mass is 405 g/mol. The number of rotatable bonds is 9. The Labute approximate surface area is 177 Å². The Morgan fingerprint density at radius 2 is 1.47 bits per heavy atom. The Bertz CT molecular complexity index is 972. The molecule has 0 radical (unpaired) electrons. The topological polar surface area (TPSA) is 48.0 Å². The third-order valence-corrected chi connectivity index (χ3v) is 4.88. The lowest BCUT2D eigenvalue weighted by Crippen LogP contribution is -2.31. The van der Waals surface area contributed by atoms with Crippen molar-refractivity contribution in [3.63, 3.8) is 0 Å². The van der Waals surface area contributed by atoms with Crippen molar-refractivity contribution in [1.82, 2.24) is 4.90 Å². The maximum absolute atomic E-state index is 12.7. The van der Waals surface area contributed by atoms with Gasteiger partial charge in [-0.2, -0.15) is 0 Å². The lowest BCUT2D eigenvalue weighted by atomic mass is 10.0. The van der Waals surface area contributed by atoms with E-state index in [0.717, 1.165) is 23.3 Å². The van der Waals surface area contributed by atoms with E-state index in [0.29, 0.717) is 18.0 Å². The number of nitrogens with zero attached hydrogens (tertiary/aromatic N) is 1. The van der Waals surface area contributed by atoms with E-state index < -0.39 is 0 Å². The summed E-state index contributed by atoms with van der Waals surface area (Å²) in [5.74, 6) is 1.88. The third kappa shape index (κ3) is 5.32. The van der Waals surface area contributed by atoms with Crippen molar-refractivity contribution in [3.8, 4) is 17.2 Å². The Kier molecular flexibility index (Phi) is 7.33. The van der Waals surface area contributed by atoms with Crippen LogP contribution in [0.25, 0.3) is 0 Å². The van der Waals surface area contributed by atoms with Gasteiger partial charge in [0.1, 0.15) is 5.75 Å². The zero-order valence-corrected chi connectivity index (χ0v) is 17.6. The van der Waals surface area contributed by atoms with Gasteiger partial charge in [-0.25, -0.2) is 0 Å². The van der Waals surface area contributed by atoms with Crippen LogP contribution in [-0.2, 0) is 17.8 Å². The van der Waals surface area contributed by atoms with Crippen LogP contribution in [0.4, 0.5) is 0 Å². The summed E-state index contributed by atoms with van der Waals surface area (Å²) in [6.45, 7) is 0.364. The lowest BCUT2D eigenvalue weighted by molar-refractivity contribution is -0.132. The summed E-state index contributed by atoms with van der Waals surface area (Å²) >= 11 is 0. The van der Waals surface area contributed by atoms with E-state index in [4.69, 9.17) is 14.2 Å². The van der Waals surface area contributed by atoms with Crippen LogP contribution >= 0.6 is 0 Å². The van der Waals surface area contributed by atoms with E-state index in [1.54, 1.807) is 26.2 Å². The molecular formula is C25H27NO4. The highest BCUT2D eigenvalue weighted by molar-refractivity contribution is 5.77. The number of hydrogen-bond donors (Lipinski definition) is 0. The van der Waals surface area contributed by atoms with E-state index in [9.17, 15) is 4.79 Å². The van der Waals surface area contributed by atoms with E-state index >= 15 is 0 Å². The fourth-order valence-electron chi connectivity index (χ4n) is 3.28. The molecule has 0 saturated heterocycles. The van der Waals surface area contributed by atoms with Gasteiger partial charge < -0.3 is 19.1 Å². The van der Waals surface area contributed by atoms with Crippen molar-refractivity contribution in [2.75, 3.05) is 27.9 Å². The van der Waals surface area contributed by atoms with E-state index in [1.165, 1.54) is 5.56 Å². The number of benzene rings is 3. The summed E-state index contributed by atoms with van der Waals surface area (Å²) in [5.41, 5.74) is 3.12. The molecule has 0 N–H and O–H groups in total. The SMILES string of the molecule is COc1cccc(CN(C)C(=O)COc2ccccc2Cc2ccccc2)c1OC. The predicted molar refractivity (Wildman–Crippen MR) is 117 cm³/mol. The molecule has 0 spiro atoms. The van der Waals surface area contributed by atoms with Gasteiger partial charge in [-0.3, -0.25) is 4.79 Å². The summed E-state index contributed by atoms with van der Waals surface area (Å²) < 4.78 is 16.7. The number of carbonyl (C=O) groups is 1. The van der Waals surface area contributed by atoms with Crippen molar-refractivity contribution in [1.29, 1.82) is 0 Å². The first kappa shape index (κ1) is 21.2. The maximum Gasteiger partial charge on any atom is 0.260 e. The molecule has 3 aromatic carbocycles. The van der Waals surface area contributed by atoms with Crippen LogP contribution in [0.2, 0.25) is 0 Å². The van der Waals surface area contributed by atoms with Crippen molar-refractivity contribution < 1.29 is 19.0 Å². The summed E-state index contributed by atoms with van der Waals surface area (Å²) in [4.78, 5) is 14.3. The zero-order chi connectivity index (χ0) is 21.3. The molecule has 0 heterocycles. The first-order valence-electron chi connectivity index (χ1n) is 9.80. The average Bonchev–Trinajstić information content (AvgIpc) is 2.78. The van der Waals surface area contributed by atoms with Gasteiger partial charge in [0.15, 0.2) is 18.1 Å². The van der Waals surface area contributed by atoms with Crippen LogP contribution in [0.1, 0.15) is 16.7 Å². The van der Waals surface area contributed by atoms with Crippen LogP contribution < -0.4 is 14.2 Å². The fourth-order valence-corrected chi connectivity index (χ4v) is 3.28. The van der Waals surface area contributed by atoms with Crippen molar-refractivity contribution in [2.45, 2.75) is 13.0 Å². The second kappa shape index (κ2) is 10.3. The standard InChI is InChI=1S/C25H27NO4/c1-26(17-21-13-9-15-23(28-2)25(21)29-3)24(27)18-30-22-14-8-7-12-20(22)16-19-10-5-4-6-11-19/h4-15H,16-18H2,1-3H3. The van der Waals surface area contributed by atoms with Crippen LogP contribution in [0.5, 0.6) is 17.2 Å². The average molecular weight is 405 g/mol. The molecule has 30 heavy (non-hydrogen) atoms. The van der Waals surface area contributed by atoms with Crippen molar-refractivity contribution in [2.24, 2.45) is 0 Å². The molecule has 0 aliphatic carbocycles. The largest absolute Gasteiger partial charge is 0.493 e. The Morgan fingerprint density at radius 1 is 0.800 bits per heavy atom. The number of carbonyl (C=O) groups excluding carboxylic acids is 1. The number of likely N-dealkylation sites (N-methyl/N-ethyl adjacent to an activating group) is 1. The second-order valence-corrected chi connectivity index (χ2v) is 6.96. The predicted octanol–water partition coefficient (Wildman–Crippen LogP) is 4.33. The smallest absolute Gasteiger partial charge is 0.260 e. The molecule has 0 saturated carbocycles. The summed E-state index contributed by atoms with van der Waals surface area (Å²) in [6, 6.07) is 23.6. The first-order chi connectivity index (χ1) is 14.6. The highest BCUT2D eigenvalue weighted by Gasteiger charge is 2.16. The number of hydrogen-bond acceptors (Lipinski definition) is 4. The van der Waals surface area contributed by atoms with Gasteiger partial charge in [0.25, 0.3) is 5.91 Å². The second-order valence-electron chi connectivity index (χ2n) is 6.96. The van der Waals surface area contributed by atoms with Crippen LogP contribution in [0.15, 0.2) is 72.8 Å². The summed E-state index contributed by atoms with van der Waals surface area (Å²) in [6.07, 6.45) is 0.752. The third-order valence-electron chi connectivity index (χ3n) is 4.88. The number of methoxy groups -OCH3 is 2. The Balaban J connectivity index is 1.64. The van der Waals surface area contributed by atoms with E-state index in [-0.39, 0.29) is 12.5 Å². The molecule has 0 atom stereocenters. The molecule has 3 aromatic rings. The molecule has 5 heteroatoms. The minimum Gasteiger partial charge on any atom is -0.493 e. The van der Waals surface area contributed by atoms with Gasteiger partial charge in [-0.05, 0) is 23.3 Å². The summed E-state index contributed by atoms with van der Waals surface area (Å²) in [5, 5.41) is 0. The highest BCUT2D eigenvalue weighted by atomic mass is 16.5. The molecule has 0 aliphatic rings. The Hall–Kier alpha value is -3.47. The Morgan fingerprint density at radius 3 is 2.20 bits per heavy atom. The van der Waals surface area contributed by atoms with Gasteiger partial charge in [-0.1, -0.05) is 60.7 Å². The van der Waals surface area contributed by atoms with Crippen molar-refractivity contribution in [3.05, 3.63) is 89.5 Å². The van der Waals surface area contributed by atoms with Gasteiger partial charge in [0.2, 0.25) is 0 Å². The molecule has 0 aromatic heterocycles. The maximum atomic E-state index is 12.7. The quantitative estimate of drug-likeness (QED) is 0.532. The molecule has 0 unspecified atom stereocenters. The van der Waals surface area contributed by atoms with Gasteiger partial charge in [-0.15, -0.1) is 0 Å². The molecule has 3 rings (SSSR count). The van der Waals surface area contributed by atoms with Gasteiger partial charge >= 0.3 is 0 Å². The first-order valence-corrected chi connectivity index (χ1v) is 9.80. The molecule has 156 valence electrons. The summed E-state index contributed by atoms with van der Waals surface area (Å²) in [7, 11) is 4.94. The van der Waals surface area contributed by atoms with E-state index in [2.05, 4.69) is 12.1 Å². The van der Waals surface area contributed by atoms with E-state index in [1.807, 2.05) is 60.7 Å². The molecule has 1 amide bonds.